The normalized spacial score (nSPS) is 18.1. The van der Waals surface area contributed by atoms with Crippen LogP contribution in [0.25, 0.3) is 0 Å². The number of anilines is 1. The average Bonchev–Trinajstić information content (AvgIpc) is 2.99. The van der Waals surface area contributed by atoms with Crippen molar-refractivity contribution in [1.29, 1.82) is 0 Å². The first kappa shape index (κ1) is 17.2. The molecule has 0 fully saturated rings. The molecule has 3 aromatic carbocycles. The summed E-state index contributed by atoms with van der Waals surface area (Å²) < 4.78 is 33.3. The minimum Gasteiger partial charge on any atom is -0.497 e. The fraction of sp³-hybridized carbons (Fsp3) is 0.136. The molecule has 1 aliphatic heterocycles. The van der Waals surface area contributed by atoms with Crippen LogP contribution in [0.3, 0.4) is 0 Å². The second-order valence-electron chi connectivity index (χ2n) is 6.53. The van der Waals surface area contributed by atoms with Gasteiger partial charge in [0.1, 0.15) is 11.2 Å². The Kier molecular flexibility index (Phi) is 4.15. The van der Waals surface area contributed by atoms with Gasteiger partial charge in [-0.15, -0.1) is 0 Å². The van der Waals surface area contributed by atoms with Crippen molar-refractivity contribution < 1.29 is 18.3 Å². The lowest BCUT2D eigenvalue weighted by atomic mass is 9.71. The third-order valence-corrected chi connectivity index (χ3v) is 5.08. The van der Waals surface area contributed by atoms with Gasteiger partial charge in [0, 0.05) is 0 Å². The number of hydrogen-bond donors (Lipinski definition) is 1. The van der Waals surface area contributed by atoms with E-state index in [1.807, 2.05) is 30.3 Å². The van der Waals surface area contributed by atoms with Crippen LogP contribution in [0.15, 0.2) is 66.7 Å². The van der Waals surface area contributed by atoms with E-state index in [-0.39, 0.29) is 11.6 Å². The second-order valence-corrected chi connectivity index (χ2v) is 6.53. The Morgan fingerprint density at radius 2 is 1.67 bits per heavy atom. The molecule has 4 rings (SSSR count). The zero-order valence-corrected chi connectivity index (χ0v) is 14.6. The third-order valence-electron chi connectivity index (χ3n) is 5.08. The molecule has 0 saturated carbocycles. The molecule has 3 aromatic rings. The molecule has 5 heteroatoms. The Hall–Kier alpha value is -3.21. The summed E-state index contributed by atoms with van der Waals surface area (Å²) in [4.78, 5) is 13.1. The van der Waals surface area contributed by atoms with Gasteiger partial charge in [-0.05, 0) is 41.3 Å². The first-order chi connectivity index (χ1) is 13.1. The molecule has 3 nitrogen and oxygen atoms in total. The molecule has 136 valence electrons. The van der Waals surface area contributed by atoms with E-state index in [4.69, 9.17) is 4.74 Å². The Labute approximate surface area is 155 Å². The first-order valence-corrected chi connectivity index (χ1v) is 8.54. The van der Waals surface area contributed by atoms with E-state index in [2.05, 4.69) is 5.32 Å². The minimum atomic E-state index is -1.16. The van der Waals surface area contributed by atoms with E-state index in [0.29, 0.717) is 23.3 Å². The lowest BCUT2D eigenvalue weighted by Crippen LogP contribution is -2.38. The molecule has 1 aliphatic rings. The Balaban J connectivity index is 1.95. The zero-order valence-electron chi connectivity index (χ0n) is 14.6. The number of benzene rings is 3. The summed E-state index contributed by atoms with van der Waals surface area (Å²) in [5, 5.41) is 2.56. The van der Waals surface area contributed by atoms with E-state index in [0.717, 1.165) is 11.6 Å². The minimum absolute atomic E-state index is 0.0910. The van der Waals surface area contributed by atoms with E-state index < -0.39 is 17.0 Å². The standard InChI is InChI=1S/C22H17F2NO2/c1-27-16-9-7-15(8-10-16)22(13-14-5-3-2-4-6-14)17-11-12-18(23)19(24)20(17)25-21(22)26/h2-12H,13H2,1H3,(H,25,26). The number of ether oxygens (including phenoxy) is 1. The van der Waals surface area contributed by atoms with Crippen molar-refractivity contribution in [2.75, 3.05) is 12.4 Å². The van der Waals surface area contributed by atoms with Crippen LogP contribution in [-0.4, -0.2) is 13.0 Å². The highest BCUT2D eigenvalue weighted by atomic mass is 19.2. The van der Waals surface area contributed by atoms with Gasteiger partial charge in [-0.1, -0.05) is 48.5 Å². The molecule has 0 bridgehead atoms. The quantitative estimate of drug-likeness (QED) is 0.742. The highest BCUT2D eigenvalue weighted by Crippen LogP contribution is 2.46. The number of methoxy groups -OCH3 is 1. The summed E-state index contributed by atoms with van der Waals surface area (Å²) >= 11 is 0. The lowest BCUT2D eigenvalue weighted by Gasteiger charge is -2.28. The van der Waals surface area contributed by atoms with Gasteiger partial charge in [0.25, 0.3) is 0 Å². The monoisotopic (exact) mass is 365 g/mol. The first-order valence-electron chi connectivity index (χ1n) is 8.54. The molecule has 1 atom stereocenters. The van der Waals surface area contributed by atoms with Gasteiger partial charge >= 0.3 is 0 Å². The second kappa shape index (κ2) is 6.50. The van der Waals surface area contributed by atoms with Crippen LogP contribution in [0.2, 0.25) is 0 Å². The molecule has 1 heterocycles. The third kappa shape index (κ3) is 2.67. The summed E-state index contributed by atoms with van der Waals surface area (Å²) in [6, 6.07) is 19.1. The van der Waals surface area contributed by atoms with Crippen molar-refractivity contribution in [3.8, 4) is 5.75 Å². The SMILES string of the molecule is COc1ccc(C2(Cc3ccccc3)C(=O)Nc3c2ccc(F)c3F)cc1. The molecule has 0 spiro atoms. The largest absolute Gasteiger partial charge is 0.497 e. The zero-order chi connectivity index (χ0) is 19.0. The van der Waals surface area contributed by atoms with E-state index in [1.165, 1.54) is 6.07 Å². The van der Waals surface area contributed by atoms with Crippen LogP contribution in [-0.2, 0) is 16.6 Å². The Morgan fingerprint density at radius 1 is 0.963 bits per heavy atom. The molecule has 1 N–H and O–H groups in total. The molecule has 1 unspecified atom stereocenters. The number of carbonyl (C=O) groups excluding carboxylic acids is 1. The van der Waals surface area contributed by atoms with Crippen molar-refractivity contribution >= 4 is 11.6 Å². The van der Waals surface area contributed by atoms with Crippen LogP contribution >= 0.6 is 0 Å². The number of carbonyl (C=O) groups is 1. The summed E-state index contributed by atoms with van der Waals surface area (Å²) in [6.07, 6.45) is 0.323. The number of rotatable bonds is 4. The van der Waals surface area contributed by atoms with Gasteiger partial charge in [0.2, 0.25) is 5.91 Å². The number of hydrogen-bond acceptors (Lipinski definition) is 2. The van der Waals surface area contributed by atoms with Gasteiger partial charge < -0.3 is 10.1 Å². The lowest BCUT2D eigenvalue weighted by molar-refractivity contribution is -0.119. The summed E-state index contributed by atoms with van der Waals surface area (Å²) in [6.45, 7) is 0. The van der Waals surface area contributed by atoms with Crippen molar-refractivity contribution in [2.45, 2.75) is 11.8 Å². The predicted octanol–water partition coefficient (Wildman–Crippen LogP) is 4.45. The highest BCUT2D eigenvalue weighted by molar-refractivity contribution is 6.09. The molecule has 0 saturated heterocycles. The van der Waals surface area contributed by atoms with E-state index in [1.54, 1.807) is 31.4 Å². The maximum absolute atomic E-state index is 14.4. The number of fused-ring (bicyclic) bond motifs is 1. The average molecular weight is 365 g/mol. The molecule has 1 amide bonds. The molecule has 0 aromatic heterocycles. The molecule has 0 radical (unpaired) electrons. The Bertz CT molecular complexity index is 1000. The molecule has 0 aliphatic carbocycles. The van der Waals surface area contributed by atoms with Gasteiger partial charge in [0.15, 0.2) is 11.6 Å². The fourth-order valence-corrected chi connectivity index (χ4v) is 3.71. The van der Waals surface area contributed by atoms with Crippen LogP contribution in [0.5, 0.6) is 5.75 Å². The van der Waals surface area contributed by atoms with Gasteiger partial charge in [-0.3, -0.25) is 4.79 Å². The summed E-state index contributed by atoms with van der Waals surface area (Å²) in [5.74, 6) is -1.75. The topological polar surface area (TPSA) is 38.3 Å². The number of nitrogens with one attached hydrogen (secondary N) is 1. The smallest absolute Gasteiger partial charge is 0.240 e. The van der Waals surface area contributed by atoms with Crippen molar-refractivity contribution in [1.82, 2.24) is 0 Å². The summed E-state index contributed by atoms with van der Waals surface area (Å²) in [5.41, 5.74) is 0.792. The van der Waals surface area contributed by atoms with Crippen molar-refractivity contribution in [3.05, 3.63) is 95.1 Å². The maximum Gasteiger partial charge on any atom is 0.240 e. The number of amides is 1. The van der Waals surface area contributed by atoms with Gasteiger partial charge in [0.05, 0.1) is 12.8 Å². The van der Waals surface area contributed by atoms with E-state index >= 15 is 0 Å². The molecular formula is C22H17F2NO2. The van der Waals surface area contributed by atoms with Gasteiger partial charge in [-0.2, -0.15) is 0 Å². The van der Waals surface area contributed by atoms with Crippen LogP contribution < -0.4 is 10.1 Å². The van der Waals surface area contributed by atoms with Crippen molar-refractivity contribution in [3.63, 3.8) is 0 Å². The van der Waals surface area contributed by atoms with Crippen LogP contribution in [0, 0.1) is 11.6 Å². The van der Waals surface area contributed by atoms with Gasteiger partial charge in [-0.25, -0.2) is 8.78 Å². The Morgan fingerprint density at radius 3 is 2.33 bits per heavy atom. The van der Waals surface area contributed by atoms with Crippen molar-refractivity contribution in [2.24, 2.45) is 0 Å². The molecular weight excluding hydrogens is 348 g/mol. The fourth-order valence-electron chi connectivity index (χ4n) is 3.71. The predicted molar refractivity (Wildman–Crippen MR) is 98.9 cm³/mol. The summed E-state index contributed by atoms with van der Waals surface area (Å²) in [7, 11) is 1.56. The van der Waals surface area contributed by atoms with Crippen LogP contribution in [0.1, 0.15) is 16.7 Å². The molecule has 27 heavy (non-hydrogen) atoms. The highest BCUT2D eigenvalue weighted by Gasteiger charge is 2.49. The number of halogens is 2. The van der Waals surface area contributed by atoms with Crippen LogP contribution in [0.4, 0.5) is 14.5 Å². The van der Waals surface area contributed by atoms with E-state index in [9.17, 15) is 13.6 Å². The maximum atomic E-state index is 14.4.